The number of methoxy groups -OCH3 is 2. The van der Waals surface area contributed by atoms with Crippen molar-refractivity contribution in [3.05, 3.63) is 60.0 Å². The number of nitrogens with one attached hydrogen (secondary N) is 1. The van der Waals surface area contributed by atoms with Gasteiger partial charge in [-0.3, -0.25) is 4.90 Å². The number of hydrogen-bond donors (Lipinski definition) is 1. The second-order valence-corrected chi connectivity index (χ2v) is 7.64. The van der Waals surface area contributed by atoms with Crippen LogP contribution in [0.2, 0.25) is 0 Å². The van der Waals surface area contributed by atoms with Gasteiger partial charge in [-0.15, -0.1) is 0 Å². The van der Waals surface area contributed by atoms with Gasteiger partial charge in [-0.1, -0.05) is 12.1 Å². The van der Waals surface area contributed by atoms with E-state index in [2.05, 4.69) is 10.2 Å². The summed E-state index contributed by atoms with van der Waals surface area (Å²) >= 11 is 0. The Balaban J connectivity index is 1.33. The van der Waals surface area contributed by atoms with E-state index in [-0.39, 0.29) is 6.03 Å². The maximum Gasteiger partial charge on any atom is 0.322 e. The third-order valence-electron chi connectivity index (χ3n) is 5.61. The number of benzene rings is 2. The molecular weight excluding hydrogens is 408 g/mol. The van der Waals surface area contributed by atoms with E-state index in [1.165, 1.54) is 0 Å². The zero-order valence-electron chi connectivity index (χ0n) is 18.6. The van der Waals surface area contributed by atoms with Gasteiger partial charge in [0, 0.05) is 38.3 Å². The number of aryl methyl sites for hydroxylation is 1. The Bertz CT molecular complexity index is 1060. The molecule has 1 aliphatic rings. The molecule has 0 radical (unpaired) electrons. The highest BCUT2D eigenvalue weighted by molar-refractivity contribution is 5.91. The molecule has 0 aliphatic carbocycles. The number of hydrogen-bond acceptors (Lipinski definition) is 6. The highest BCUT2D eigenvalue weighted by Crippen LogP contribution is 2.26. The van der Waals surface area contributed by atoms with Crippen LogP contribution in [-0.2, 0) is 6.54 Å². The average molecular weight is 437 g/mol. The Morgan fingerprint density at radius 1 is 1.03 bits per heavy atom. The summed E-state index contributed by atoms with van der Waals surface area (Å²) in [4.78, 5) is 21.5. The molecule has 1 fully saturated rings. The lowest BCUT2D eigenvalue weighted by Gasteiger charge is -2.34. The lowest BCUT2D eigenvalue weighted by Crippen LogP contribution is -2.49. The predicted octanol–water partition coefficient (Wildman–Crippen LogP) is 4.02. The summed E-state index contributed by atoms with van der Waals surface area (Å²) in [7, 11) is 3.24. The molecule has 0 bridgehead atoms. The van der Waals surface area contributed by atoms with Crippen LogP contribution in [0.15, 0.2) is 52.9 Å². The van der Waals surface area contributed by atoms with Gasteiger partial charge in [0.2, 0.25) is 5.89 Å². The maximum absolute atomic E-state index is 12.7. The van der Waals surface area contributed by atoms with E-state index >= 15 is 0 Å². The van der Waals surface area contributed by atoms with Gasteiger partial charge in [-0.25, -0.2) is 9.78 Å². The summed E-state index contributed by atoms with van der Waals surface area (Å²) in [5, 5.41) is 2.94. The van der Waals surface area contributed by atoms with Gasteiger partial charge in [0.15, 0.2) is 0 Å². The molecule has 0 atom stereocenters. The average Bonchev–Trinajstić information content (AvgIpc) is 3.20. The second-order valence-electron chi connectivity index (χ2n) is 7.64. The molecule has 4 rings (SSSR count). The van der Waals surface area contributed by atoms with Gasteiger partial charge in [0.05, 0.1) is 25.6 Å². The molecule has 8 heteroatoms. The molecular formula is C24H28N4O4. The van der Waals surface area contributed by atoms with Crippen LogP contribution < -0.4 is 14.8 Å². The minimum atomic E-state index is -0.117. The van der Waals surface area contributed by atoms with Gasteiger partial charge in [0.25, 0.3) is 0 Å². The molecule has 0 unspecified atom stereocenters. The van der Waals surface area contributed by atoms with E-state index in [9.17, 15) is 4.79 Å². The largest absolute Gasteiger partial charge is 0.497 e. The Labute approximate surface area is 187 Å². The second kappa shape index (κ2) is 9.74. The normalized spacial score (nSPS) is 14.3. The first-order valence-electron chi connectivity index (χ1n) is 10.6. The number of piperazine rings is 1. The van der Waals surface area contributed by atoms with Crippen LogP contribution in [0.3, 0.4) is 0 Å². The maximum atomic E-state index is 12.7. The number of nitrogens with zero attached hydrogens (tertiary/aromatic N) is 3. The minimum Gasteiger partial charge on any atom is -0.497 e. The van der Waals surface area contributed by atoms with Crippen molar-refractivity contribution >= 4 is 11.7 Å². The minimum absolute atomic E-state index is 0.117. The zero-order chi connectivity index (χ0) is 22.5. The van der Waals surface area contributed by atoms with Crippen LogP contribution in [0.5, 0.6) is 11.5 Å². The van der Waals surface area contributed by atoms with Crippen LogP contribution in [0.25, 0.3) is 11.5 Å². The summed E-state index contributed by atoms with van der Waals surface area (Å²) in [6, 6.07) is 15.0. The van der Waals surface area contributed by atoms with E-state index in [0.29, 0.717) is 37.0 Å². The van der Waals surface area contributed by atoms with Crippen molar-refractivity contribution in [2.24, 2.45) is 0 Å². The molecule has 32 heavy (non-hydrogen) atoms. The van der Waals surface area contributed by atoms with Gasteiger partial charge in [0.1, 0.15) is 17.3 Å². The van der Waals surface area contributed by atoms with Crippen molar-refractivity contribution < 1.29 is 18.7 Å². The van der Waals surface area contributed by atoms with Gasteiger partial charge >= 0.3 is 6.03 Å². The van der Waals surface area contributed by atoms with Crippen molar-refractivity contribution in [3.8, 4) is 23.0 Å². The first-order chi connectivity index (χ1) is 15.6. The van der Waals surface area contributed by atoms with Crippen LogP contribution in [0.4, 0.5) is 10.5 Å². The first kappa shape index (κ1) is 21.7. The Morgan fingerprint density at radius 2 is 1.75 bits per heavy atom. The van der Waals surface area contributed by atoms with Crippen LogP contribution in [0, 0.1) is 6.92 Å². The SMILES string of the molecule is COc1ccc(-c2nc(CN3CCN(C(=O)Nc4ccccc4OC)CC3)c(C)o2)cc1. The van der Waals surface area contributed by atoms with Crippen molar-refractivity contribution in [1.29, 1.82) is 0 Å². The molecule has 1 aliphatic heterocycles. The van der Waals surface area contributed by atoms with E-state index in [1.807, 2.05) is 60.4 Å². The summed E-state index contributed by atoms with van der Waals surface area (Å²) in [6.45, 7) is 5.44. The fourth-order valence-electron chi connectivity index (χ4n) is 3.69. The number of amides is 2. The molecule has 1 aromatic heterocycles. The Kier molecular flexibility index (Phi) is 6.61. The van der Waals surface area contributed by atoms with E-state index in [1.54, 1.807) is 14.2 Å². The van der Waals surface area contributed by atoms with Gasteiger partial charge in [-0.2, -0.15) is 0 Å². The molecule has 2 aromatic carbocycles. The lowest BCUT2D eigenvalue weighted by atomic mass is 10.2. The molecule has 2 amide bonds. The fraction of sp³-hybridized carbons (Fsp3) is 0.333. The first-order valence-corrected chi connectivity index (χ1v) is 10.6. The van der Waals surface area contributed by atoms with Crippen molar-refractivity contribution in [3.63, 3.8) is 0 Å². The molecule has 2 heterocycles. The molecule has 168 valence electrons. The smallest absolute Gasteiger partial charge is 0.322 e. The van der Waals surface area contributed by atoms with Crippen LogP contribution >= 0.6 is 0 Å². The highest BCUT2D eigenvalue weighted by atomic mass is 16.5. The number of anilines is 1. The topological polar surface area (TPSA) is 80.1 Å². The number of oxazole rings is 1. The highest BCUT2D eigenvalue weighted by Gasteiger charge is 2.23. The number of ether oxygens (including phenoxy) is 2. The van der Waals surface area contributed by atoms with Crippen molar-refractivity contribution in [1.82, 2.24) is 14.8 Å². The van der Waals surface area contributed by atoms with Crippen LogP contribution in [-0.4, -0.2) is 61.2 Å². The van der Waals surface area contributed by atoms with E-state index in [0.717, 1.165) is 35.9 Å². The number of carbonyl (C=O) groups excluding carboxylic acids is 1. The third kappa shape index (κ3) is 4.86. The monoisotopic (exact) mass is 436 g/mol. The number of urea groups is 1. The summed E-state index contributed by atoms with van der Waals surface area (Å²) in [5.41, 5.74) is 2.51. The summed E-state index contributed by atoms with van der Waals surface area (Å²) in [5.74, 6) is 2.86. The molecule has 8 nitrogen and oxygen atoms in total. The van der Waals surface area contributed by atoms with E-state index in [4.69, 9.17) is 18.9 Å². The Hall–Kier alpha value is -3.52. The molecule has 0 saturated carbocycles. The van der Waals surface area contributed by atoms with Crippen molar-refractivity contribution in [2.45, 2.75) is 13.5 Å². The molecule has 1 saturated heterocycles. The van der Waals surface area contributed by atoms with Crippen molar-refractivity contribution in [2.75, 3.05) is 45.7 Å². The number of rotatable bonds is 6. The van der Waals surface area contributed by atoms with Gasteiger partial charge in [-0.05, 0) is 43.3 Å². The third-order valence-corrected chi connectivity index (χ3v) is 5.61. The van der Waals surface area contributed by atoms with Gasteiger partial charge < -0.3 is 24.1 Å². The molecule has 3 aromatic rings. The number of para-hydroxylation sites is 2. The van der Waals surface area contributed by atoms with E-state index < -0.39 is 0 Å². The zero-order valence-corrected chi connectivity index (χ0v) is 18.6. The predicted molar refractivity (Wildman–Crippen MR) is 122 cm³/mol. The van der Waals surface area contributed by atoms with Crippen LogP contribution in [0.1, 0.15) is 11.5 Å². The standard InChI is InChI=1S/C24H28N4O4/c1-17-21(25-23(32-17)18-8-10-19(30-2)11-9-18)16-27-12-14-28(15-13-27)24(29)26-20-6-4-5-7-22(20)31-3/h4-11H,12-16H2,1-3H3,(H,26,29). The molecule has 0 spiro atoms. The number of aromatic nitrogens is 1. The fourth-order valence-corrected chi connectivity index (χ4v) is 3.69. The quantitative estimate of drug-likeness (QED) is 0.629. The number of carbonyl (C=O) groups is 1. The lowest BCUT2D eigenvalue weighted by molar-refractivity contribution is 0.141. The summed E-state index contributed by atoms with van der Waals surface area (Å²) in [6.07, 6.45) is 0. The summed E-state index contributed by atoms with van der Waals surface area (Å²) < 4.78 is 16.4. The molecule has 1 N–H and O–H groups in total. The Morgan fingerprint density at radius 3 is 2.44 bits per heavy atom.